The van der Waals surface area contributed by atoms with Crippen molar-refractivity contribution in [3.63, 3.8) is 0 Å². The molecule has 1 aliphatic carbocycles. The predicted molar refractivity (Wildman–Crippen MR) is 103 cm³/mol. The molecule has 1 aromatic carbocycles. The minimum Gasteiger partial charge on any atom is -0.351 e. The highest BCUT2D eigenvalue weighted by molar-refractivity contribution is 8.00. The van der Waals surface area contributed by atoms with Gasteiger partial charge in [0.2, 0.25) is 5.91 Å². The molecular weight excluding hydrogens is 369 g/mol. The highest BCUT2D eigenvalue weighted by atomic mass is 32.2. The molecular formula is C19H18FN3OS2. The van der Waals surface area contributed by atoms with E-state index in [2.05, 4.69) is 15.3 Å². The third-order valence-electron chi connectivity index (χ3n) is 4.39. The van der Waals surface area contributed by atoms with Crippen molar-refractivity contribution < 1.29 is 9.18 Å². The van der Waals surface area contributed by atoms with E-state index < -0.39 is 0 Å². The fourth-order valence-corrected chi connectivity index (χ4v) is 5.46. The summed E-state index contributed by atoms with van der Waals surface area (Å²) < 4.78 is 12.9. The van der Waals surface area contributed by atoms with Gasteiger partial charge in [-0.25, -0.2) is 14.4 Å². The molecule has 0 fully saturated rings. The van der Waals surface area contributed by atoms with Crippen LogP contribution < -0.4 is 5.32 Å². The molecule has 1 N–H and O–H groups in total. The first-order valence-corrected chi connectivity index (χ1v) is 10.3. The van der Waals surface area contributed by atoms with Crippen molar-refractivity contribution in [2.45, 2.75) is 37.8 Å². The Hall–Kier alpha value is -1.99. The molecule has 3 aromatic rings. The van der Waals surface area contributed by atoms with Gasteiger partial charge in [-0.05, 0) is 49.4 Å². The van der Waals surface area contributed by atoms with Crippen LogP contribution in [0, 0.1) is 12.7 Å². The zero-order valence-corrected chi connectivity index (χ0v) is 16.0. The minimum absolute atomic E-state index is 0.0596. The van der Waals surface area contributed by atoms with Crippen LogP contribution in [0.3, 0.4) is 0 Å². The fourth-order valence-electron chi connectivity index (χ4n) is 3.16. The van der Waals surface area contributed by atoms with E-state index in [1.165, 1.54) is 40.8 Å². The van der Waals surface area contributed by atoms with Crippen molar-refractivity contribution in [3.05, 3.63) is 51.9 Å². The van der Waals surface area contributed by atoms with Crippen molar-refractivity contribution in [2.75, 3.05) is 5.75 Å². The third kappa shape index (κ3) is 3.59. The average molecular weight is 388 g/mol. The SMILES string of the molecule is Cc1nc(SCC(=O)NCc2ccc(F)cc2)c2c3c(sc2n1)CCC3. The quantitative estimate of drug-likeness (QED) is 0.530. The Labute approximate surface area is 159 Å². The molecule has 0 saturated carbocycles. The number of carbonyl (C=O) groups excluding carboxylic acids is 1. The number of aromatic nitrogens is 2. The molecule has 1 aliphatic rings. The second-order valence-electron chi connectivity index (χ2n) is 6.31. The molecule has 134 valence electrons. The number of thiophene rings is 1. The van der Waals surface area contributed by atoms with Crippen LogP contribution in [-0.4, -0.2) is 21.6 Å². The minimum atomic E-state index is -0.276. The fraction of sp³-hybridized carbons (Fsp3) is 0.316. The summed E-state index contributed by atoms with van der Waals surface area (Å²) in [5.74, 6) is 0.710. The van der Waals surface area contributed by atoms with Crippen LogP contribution >= 0.6 is 23.1 Å². The number of halogens is 1. The maximum Gasteiger partial charge on any atom is 0.230 e. The van der Waals surface area contributed by atoms with Crippen LogP contribution in [0.5, 0.6) is 0 Å². The molecule has 0 bridgehead atoms. The summed E-state index contributed by atoms with van der Waals surface area (Å²) in [6.45, 7) is 2.29. The van der Waals surface area contributed by atoms with E-state index in [9.17, 15) is 9.18 Å². The lowest BCUT2D eigenvalue weighted by Crippen LogP contribution is -2.24. The van der Waals surface area contributed by atoms with Gasteiger partial charge in [0, 0.05) is 16.8 Å². The summed E-state index contributed by atoms with van der Waals surface area (Å²) in [4.78, 5) is 23.8. The van der Waals surface area contributed by atoms with Crippen molar-refractivity contribution in [1.29, 1.82) is 0 Å². The molecule has 2 aromatic heterocycles. The number of carbonyl (C=O) groups is 1. The van der Waals surface area contributed by atoms with E-state index in [-0.39, 0.29) is 11.7 Å². The van der Waals surface area contributed by atoms with E-state index >= 15 is 0 Å². The molecule has 0 aliphatic heterocycles. The normalized spacial score (nSPS) is 13.2. The summed E-state index contributed by atoms with van der Waals surface area (Å²) in [7, 11) is 0. The third-order valence-corrected chi connectivity index (χ3v) is 6.55. The lowest BCUT2D eigenvalue weighted by Gasteiger charge is -2.07. The van der Waals surface area contributed by atoms with Gasteiger partial charge in [0.05, 0.1) is 5.75 Å². The predicted octanol–water partition coefficient (Wildman–Crippen LogP) is 4.04. The number of fused-ring (bicyclic) bond motifs is 3. The number of nitrogens with one attached hydrogen (secondary N) is 1. The van der Waals surface area contributed by atoms with Gasteiger partial charge in [-0.2, -0.15) is 0 Å². The second kappa shape index (κ2) is 7.32. The van der Waals surface area contributed by atoms with Crippen molar-refractivity contribution >= 4 is 39.2 Å². The van der Waals surface area contributed by atoms with Crippen LogP contribution in [0.25, 0.3) is 10.2 Å². The summed E-state index contributed by atoms with van der Waals surface area (Å²) in [6.07, 6.45) is 3.39. The van der Waals surface area contributed by atoms with Gasteiger partial charge in [0.1, 0.15) is 21.5 Å². The molecule has 0 spiro atoms. The smallest absolute Gasteiger partial charge is 0.230 e. The number of hydrogen-bond donors (Lipinski definition) is 1. The van der Waals surface area contributed by atoms with Crippen LogP contribution in [0.2, 0.25) is 0 Å². The molecule has 0 saturated heterocycles. The Morgan fingerprint density at radius 2 is 2.08 bits per heavy atom. The van der Waals surface area contributed by atoms with Crippen molar-refractivity contribution in [3.8, 4) is 0 Å². The van der Waals surface area contributed by atoms with Gasteiger partial charge in [-0.3, -0.25) is 4.79 Å². The number of hydrogen-bond acceptors (Lipinski definition) is 5. The van der Waals surface area contributed by atoms with Gasteiger partial charge in [-0.1, -0.05) is 23.9 Å². The first kappa shape index (κ1) is 17.4. The highest BCUT2D eigenvalue weighted by Gasteiger charge is 2.22. The first-order valence-electron chi connectivity index (χ1n) is 8.53. The number of thioether (sulfide) groups is 1. The zero-order chi connectivity index (χ0) is 18.1. The van der Waals surface area contributed by atoms with Crippen molar-refractivity contribution in [2.24, 2.45) is 0 Å². The van der Waals surface area contributed by atoms with E-state index in [1.807, 2.05) is 6.92 Å². The van der Waals surface area contributed by atoms with Gasteiger partial charge in [-0.15, -0.1) is 11.3 Å². The summed E-state index contributed by atoms with van der Waals surface area (Å²) in [6, 6.07) is 6.14. The summed E-state index contributed by atoms with van der Waals surface area (Å²) >= 11 is 3.23. The molecule has 26 heavy (non-hydrogen) atoms. The standard InChI is InChI=1S/C19H18FN3OS2/c1-11-22-18(17-14-3-2-4-15(14)26-19(17)23-11)25-10-16(24)21-9-12-5-7-13(20)8-6-12/h5-8H,2-4,9-10H2,1H3,(H,21,24). The van der Waals surface area contributed by atoms with Gasteiger partial charge >= 0.3 is 0 Å². The average Bonchev–Trinajstić information content (AvgIpc) is 3.19. The van der Waals surface area contributed by atoms with E-state index in [0.29, 0.717) is 12.3 Å². The Morgan fingerprint density at radius 3 is 2.88 bits per heavy atom. The summed E-state index contributed by atoms with van der Waals surface area (Å²) in [5.41, 5.74) is 2.25. The maximum absolute atomic E-state index is 12.9. The maximum atomic E-state index is 12.9. The monoisotopic (exact) mass is 387 g/mol. The molecule has 4 nitrogen and oxygen atoms in total. The number of aryl methyl sites for hydroxylation is 3. The molecule has 4 rings (SSSR count). The lowest BCUT2D eigenvalue weighted by molar-refractivity contribution is -0.118. The Bertz CT molecular complexity index is 969. The lowest BCUT2D eigenvalue weighted by atomic mass is 10.2. The van der Waals surface area contributed by atoms with Crippen LogP contribution in [-0.2, 0) is 24.2 Å². The summed E-state index contributed by atoms with van der Waals surface area (Å²) in [5, 5.41) is 4.92. The Balaban J connectivity index is 1.44. The van der Waals surface area contributed by atoms with Gasteiger partial charge < -0.3 is 5.32 Å². The van der Waals surface area contributed by atoms with Crippen LogP contribution in [0.15, 0.2) is 29.3 Å². The number of nitrogens with zero attached hydrogens (tertiary/aromatic N) is 2. The van der Waals surface area contributed by atoms with E-state index in [1.54, 1.807) is 23.5 Å². The number of amides is 1. The van der Waals surface area contributed by atoms with Gasteiger partial charge in [0.25, 0.3) is 0 Å². The Kier molecular flexibility index (Phi) is 4.91. The zero-order valence-electron chi connectivity index (χ0n) is 14.3. The van der Waals surface area contributed by atoms with Crippen molar-refractivity contribution in [1.82, 2.24) is 15.3 Å². The first-order chi connectivity index (χ1) is 12.6. The molecule has 0 unspecified atom stereocenters. The molecule has 0 atom stereocenters. The Morgan fingerprint density at radius 1 is 1.27 bits per heavy atom. The van der Waals surface area contributed by atoms with E-state index in [4.69, 9.17) is 0 Å². The molecule has 2 heterocycles. The highest BCUT2D eigenvalue weighted by Crippen LogP contribution is 2.40. The number of benzene rings is 1. The van der Waals surface area contributed by atoms with Crippen LogP contribution in [0.4, 0.5) is 4.39 Å². The number of rotatable bonds is 5. The second-order valence-corrected chi connectivity index (χ2v) is 8.35. The van der Waals surface area contributed by atoms with Gasteiger partial charge in [0.15, 0.2) is 0 Å². The molecule has 7 heteroatoms. The van der Waals surface area contributed by atoms with Crippen LogP contribution in [0.1, 0.15) is 28.2 Å². The molecule has 1 amide bonds. The topological polar surface area (TPSA) is 54.9 Å². The largest absolute Gasteiger partial charge is 0.351 e. The molecule has 0 radical (unpaired) electrons. The van der Waals surface area contributed by atoms with E-state index in [0.717, 1.165) is 39.5 Å².